The van der Waals surface area contributed by atoms with Crippen LogP contribution in [0.3, 0.4) is 0 Å². The van der Waals surface area contributed by atoms with E-state index in [1.165, 1.54) is 44.9 Å². The Balaban J connectivity index is 0.000000331. The van der Waals surface area contributed by atoms with Gasteiger partial charge in [0, 0.05) is 13.2 Å². The van der Waals surface area contributed by atoms with Crippen LogP contribution in [-0.4, -0.2) is 33.1 Å². The van der Waals surface area contributed by atoms with Gasteiger partial charge in [0.2, 0.25) is 0 Å². The van der Waals surface area contributed by atoms with Gasteiger partial charge in [-0.15, -0.1) is 0 Å². The van der Waals surface area contributed by atoms with Crippen LogP contribution in [-0.2, 0) is 14.6 Å². The lowest BCUT2D eigenvalue weighted by molar-refractivity contribution is -0.113. The maximum absolute atomic E-state index is 11.6. The lowest BCUT2D eigenvalue weighted by atomic mass is 9.49. The Bertz CT molecular complexity index is 872. The van der Waals surface area contributed by atoms with Crippen LogP contribution in [0, 0.1) is 48.7 Å². The topological polar surface area (TPSA) is 43.4 Å². The van der Waals surface area contributed by atoms with E-state index < -0.39 is 9.84 Å². The van der Waals surface area contributed by atoms with Crippen LogP contribution >= 0.6 is 0 Å². The molecular formula is C40H80O3S. The molecule has 3 nitrogen and oxygen atoms in total. The molecule has 0 aromatic rings. The van der Waals surface area contributed by atoms with E-state index >= 15 is 0 Å². The van der Waals surface area contributed by atoms with Crippen molar-refractivity contribution >= 4 is 9.84 Å². The Kier molecular flexibility index (Phi) is 13.1. The van der Waals surface area contributed by atoms with Gasteiger partial charge in [-0.2, -0.15) is 0 Å². The zero-order valence-corrected chi connectivity index (χ0v) is 34.1. The zero-order valence-electron chi connectivity index (χ0n) is 33.3. The van der Waals surface area contributed by atoms with Crippen LogP contribution in [0.1, 0.15) is 182 Å². The summed E-state index contributed by atoms with van der Waals surface area (Å²) < 4.78 is 28.7. The van der Waals surface area contributed by atoms with Crippen molar-refractivity contribution in [2.24, 2.45) is 48.7 Å². The maximum Gasteiger partial charge on any atom is 0.150 e. The summed E-state index contributed by atoms with van der Waals surface area (Å²) >= 11 is 0. The van der Waals surface area contributed by atoms with Crippen molar-refractivity contribution in [3.8, 4) is 0 Å². The molecule has 0 aromatic heterocycles. The molecule has 2 heterocycles. The molecule has 0 N–H and O–H groups in total. The van der Waals surface area contributed by atoms with Gasteiger partial charge in [0.05, 0.1) is 11.5 Å². The van der Waals surface area contributed by atoms with Gasteiger partial charge >= 0.3 is 0 Å². The first kappa shape index (κ1) is 41.9. The lowest BCUT2D eigenvalue weighted by Crippen LogP contribution is -2.51. The summed E-state index contributed by atoms with van der Waals surface area (Å²) in [6, 6.07) is 0. The third-order valence-electron chi connectivity index (χ3n) is 13.3. The molecule has 3 fully saturated rings. The third-order valence-corrected chi connectivity index (χ3v) is 15.0. The van der Waals surface area contributed by atoms with Crippen molar-refractivity contribution < 1.29 is 13.2 Å². The van der Waals surface area contributed by atoms with Crippen LogP contribution in [0.5, 0.6) is 0 Å². The fourth-order valence-electron chi connectivity index (χ4n) is 10.6. The molecule has 0 radical (unpaired) electrons. The van der Waals surface area contributed by atoms with E-state index in [0.717, 1.165) is 26.1 Å². The van der Waals surface area contributed by atoms with E-state index in [-0.39, 0.29) is 16.2 Å². The van der Waals surface area contributed by atoms with Crippen LogP contribution in [0.15, 0.2) is 0 Å². The first-order valence-electron chi connectivity index (χ1n) is 18.1. The van der Waals surface area contributed by atoms with Gasteiger partial charge in [-0.25, -0.2) is 8.42 Å². The summed E-state index contributed by atoms with van der Waals surface area (Å²) in [6.07, 6.45) is 11.2. The SMILES string of the molecule is CC(C)(C)C1(C(C)(C)C)CCCCC1.CC(C)(C)C1(C(C)(C)C)CCOCC1.CC(C)(C)C1(C(C)(C)C)CCS(=O)(=O)CC1. The highest BCUT2D eigenvalue weighted by molar-refractivity contribution is 7.91. The zero-order chi connectivity index (χ0) is 34.9. The summed E-state index contributed by atoms with van der Waals surface area (Å²) in [6.45, 7) is 44.2. The van der Waals surface area contributed by atoms with E-state index in [1.54, 1.807) is 0 Å². The predicted octanol–water partition coefficient (Wildman–Crippen LogP) is 12.2. The van der Waals surface area contributed by atoms with Crippen molar-refractivity contribution in [2.75, 3.05) is 24.7 Å². The van der Waals surface area contributed by atoms with Gasteiger partial charge in [0.1, 0.15) is 9.84 Å². The number of ether oxygens (including phenoxy) is 1. The Morgan fingerprint density at radius 2 is 0.636 bits per heavy atom. The van der Waals surface area contributed by atoms with Crippen LogP contribution in [0.2, 0.25) is 0 Å². The molecule has 264 valence electrons. The molecule has 4 heteroatoms. The van der Waals surface area contributed by atoms with Crippen molar-refractivity contribution in [3.05, 3.63) is 0 Å². The molecule has 0 spiro atoms. The highest BCUT2D eigenvalue weighted by Gasteiger charge is 2.53. The third kappa shape index (κ3) is 9.08. The monoisotopic (exact) mass is 641 g/mol. The number of rotatable bonds is 0. The second-order valence-corrected chi connectivity index (χ2v) is 23.4. The second-order valence-electron chi connectivity index (χ2n) is 21.1. The summed E-state index contributed by atoms with van der Waals surface area (Å²) in [4.78, 5) is 0. The lowest BCUT2D eigenvalue weighted by Gasteiger charge is -2.56. The van der Waals surface area contributed by atoms with Crippen LogP contribution in [0.25, 0.3) is 0 Å². The fourth-order valence-corrected chi connectivity index (χ4v) is 12.2. The van der Waals surface area contributed by atoms with Gasteiger partial charge in [0.25, 0.3) is 0 Å². The molecular weight excluding hydrogens is 561 g/mol. The molecule has 0 unspecified atom stereocenters. The van der Waals surface area contributed by atoms with E-state index in [4.69, 9.17) is 4.74 Å². The molecule has 1 saturated carbocycles. The average molecular weight is 641 g/mol. The van der Waals surface area contributed by atoms with Crippen LogP contribution in [0.4, 0.5) is 0 Å². The van der Waals surface area contributed by atoms with Crippen molar-refractivity contribution in [3.63, 3.8) is 0 Å². The summed E-state index contributed by atoms with van der Waals surface area (Å²) in [5, 5.41) is 0. The molecule has 2 aliphatic heterocycles. The van der Waals surface area contributed by atoms with Crippen molar-refractivity contribution in [1.29, 1.82) is 0 Å². The smallest absolute Gasteiger partial charge is 0.150 e. The van der Waals surface area contributed by atoms with E-state index in [2.05, 4.69) is 125 Å². The Labute approximate surface area is 278 Å². The molecule has 0 amide bonds. The highest BCUT2D eigenvalue weighted by atomic mass is 32.2. The average Bonchev–Trinajstić information content (AvgIpc) is 2.81. The molecule has 0 bridgehead atoms. The Morgan fingerprint density at radius 1 is 0.386 bits per heavy atom. The molecule has 1 aliphatic carbocycles. The van der Waals surface area contributed by atoms with Gasteiger partial charge in [0.15, 0.2) is 0 Å². The number of hydrogen-bond donors (Lipinski definition) is 0. The van der Waals surface area contributed by atoms with E-state index in [9.17, 15) is 8.42 Å². The molecule has 3 rings (SSSR count). The minimum Gasteiger partial charge on any atom is -0.381 e. The van der Waals surface area contributed by atoms with Crippen molar-refractivity contribution in [2.45, 2.75) is 182 Å². The first-order valence-corrected chi connectivity index (χ1v) is 19.9. The predicted molar refractivity (Wildman–Crippen MR) is 195 cm³/mol. The molecule has 3 aliphatic rings. The number of sulfone groups is 1. The summed E-state index contributed by atoms with van der Waals surface area (Å²) in [5.74, 6) is 0.725. The molecule has 2 saturated heterocycles. The van der Waals surface area contributed by atoms with Crippen LogP contribution < -0.4 is 0 Å². The van der Waals surface area contributed by atoms with E-state index in [1.807, 2.05) is 0 Å². The normalized spacial score (nSPS) is 24.2. The van der Waals surface area contributed by atoms with Gasteiger partial charge in [-0.1, -0.05) is 144 Å². The minimum absolute atomic E-state index is 0.130. The van der Waals surface area contributed by atoms with Gasteiger partial charge in [-0.3, -0.25) is 0 Å². The fraction of sp³-hybridized carbons (Fsp3) is 1.00. The maximum atomic E-state index is 11.6. The molecule has 0 aromatic carbocycles. The van der Waals surface area contributed by atoms with Gasteiger partial charge in [-0.05, 0) is 87.3 Å². The molecule has 44 heavy (non-hydrogen) atoms. The Hall–Kier alpha value is -0.0900. The second kappa shape index (κ2) is 13.8. The van der Waals surface area contributed by atoms with Gasteiger partial charge < -0.3 is 4.74 Å². The summed E-state index contributed by atoms with van der Waals surface area (Å²) in [7, 11) is -2.77. The first-order chi connectivity index (χ1) is 19.3. The number of hydrogen-bond acceptors (Lipinski definition) is 3. The van der Waals surface area contributed by atoms with Crippen molar-refractivity contribution in [1.82, 2.24) is 0 Å². The Morgan fingerprint density at radius 3 is 0.864 bits per heavy atom. The molecule has 0 atom stereocenters. The minimum atomic E-state index is -2.77. The summed E-state index contributed by atoms with van der Waals surface area (Å²) in [5.41, 5.74) is 3.06. The standard InChI is InChI=1S/C14H28.C13H26O2S.C13H26O/c1-12(2,3)14(13(4,5)6)10-8-7-9-11-14;1-11(2,3)13(12(4,5)6)7-9-16(14,15)10-8-13;1-11(2,3)13(12(4,5)6)7-9-14-10-8-13/h7-11H2,1-6H3;7-10H2,1-6H3;7-10H2,1-6H3. The quantitative estimate of drug-likeness (QED) is 0.264. The van der Waals surface area contributed by atoms with E-state index in [0.29, 0.717) is 44.0 Å². The highest BCUT2D eigenvalue weighted by Crippen LogP contribution is 2.60. The largest absolute Gasteiger partial charge is 0.381 e.